The fourth-order valence-electron chi connectivity index (χ4n) is 2.35. The highest BCUT2D eigenvalue weighted by molar-refractivity contribution is 7.90. The van der Waals surface area contributed by atoms with Crippen LogP contribution in [0.5, 0.6) is 0 Å². The molecule has 0 aromatic heterocycles. The van der Waals surface area contributed by atoms with E-state index in [1.165, 1.54) is 42.3 Å². The number of anilines is 1. The molecule has 0 fully saturated rings. The van der Waals surface area contributed by atoms with Gasteiger partial charge in [-0.2, -0.15) is 0 Å². The first-order chi connectivity index (χ1) is 10.4. The summed E-state index contributed by atoms with van der Waals surface area (Å²) in [6, 6.07) is 11.1. The lowest BCUT2D eigenvalue weighted by atomic mass is 10.2. The van der Waals surface area contributed by atoms with Gasteiger partial charge in [-0.05, 0) is 29.8 Å². The van der Waals surface area contributed by atoms with E-state index in [0.717, 1.165) is 4.31 Å². The van der Waals surface area contributed by atoms with E-state index < -0.39 is 21.9 Å². The van der Waals surface area contributed by atoms with Crippen LogP contribution in [0.4, 0.5) is 14.9 Å². The summed E-state index contributed by atoms with van der Waals surface area (Å²) in [5.74, 6) is -0.418. The van der Waals surface area contributed by atoms with Crippen LogP contribution in [0.1, 0.15) is 5.56 Å². The second kappa shape index (κ2) is 5.10. The highest BCUT2D eigenvalue weighted by Gasteiger charge is 2.39. The van der Waals surface area contributed by atoms with E-state index in [2.05, 4.69) is 0 Å². The van der Waals surface area contributed by atoms with E-state index in [4.69, 9.17) is 0 Å². The Morgan fingerprint density at radius 2 is 1.68 bits per heavy atom. The zero-order valence-corrected chi connectivity index (χ0v) is 12.5. The molecule has 2 amide bonds. The van der Waals surface area contributed by atoms with Crippen molar-refractivity contribution in [3.8, 4) is 0 Å². The highest BCUT2D eigenvalue weighted by atomic mass is 32.2. The number of benzene rings is 2. The lowest BCUT2D eigenvalue weighted by molar-refractivity contribution is 0.228. The Bertz CT molecular complexity index is 834. The summed E-state index contributed by atoms with van der Waals surface area (Å²) in [7, 11) is -2.40. The number of nitrogens with zero attached hydrogens (tertiary/aromatic N) is 2. The molecule has 2 aromatic rings. The molecule has 1 aliphatic rings. The molecule has 0 atom stereocenters. The Morgan fingerprint density at radius 3 is 2.36 bits per heavy atom. The van der Waals surface area contributed by atoms with Crippen LogP contribution in [-0.4, -0.2) is 25.8 Å². The van der Waals surface area contributed by atoms with Gasteiger partial charge in [0.1, 0.15) is 10.7 Å². The molecule has 7 heteroatoms. The summed E-state index contributed by atoms with van der Waals surface area (Å²) >= 11 is 0. The number of hydrogen-bond acceptors (Lipinski definition) is 3. The summed E-state index contributed by atoms with van der Waals surface area (Å²) in [5.41, 5.74) is 0.883. The molecular weight excluding hydrogens is 307 g/mol. The molecule has 0 aliphatic carbocycles. The number of rotatable bonds is 2. The minimum atomic E-state index is -3.92. The number of amides is 2. The van der Waals surface area contributed by atoms with Gasteiger partial charge in [-0.3, -0.25) is 4.90 Å². The molecule has 22 heavy (non-hydrogen) atoms. The van der Waals surface area contributed by atoms with Gasteiger partial charge in [0.05, 0.1) is 12.2 Å². The molecule has 3 rings (SSSR count). The van der Waals surface area contributed by atoms with Crippen molar-refractivity contribution in [3.05, 3.63) is 59.9 Å². The number of urea groups is 1. The zero-order valence-electron chi connectivity index (χ0n) is 11.7. The average Bonchev–Trinajstić information content (AvgIpc) is 2.51. The van der Waals surface area contributed by atoms with E-state index in [-0.39, 0.29) is 11.4 Å². The summed E-state index contributed by atoms with van der Waals surface area (Å²) in [6.45, 7) is -0.139. The molecule has 1 heterocycles. The van der Waals surface area contributed by atoms with Crippen molar-refractivity contribution in [3.63, 3.8) is 0 Å². The average molecular weight is 320 g/mol. The highest BCUT2D eigenvalue weighted by Crippen LogP contribution is 2.33. The van der Waals surface area contributed by atoms with Gasteiger partial charge < -0.3 is 0 Å². The van der Waals surface area contributed by atoms with Crippen LogP contribution in [0.15, 0.2) is 53.4 Å². The number of fused-ring (bicyclic) bond motifs is 1. The lowest BCUT2D eigenvalue weighted by Gasteiger charge is -2.34. The summed E-state index contributed by atoms with van der Waals surface area (Å²) < 4.78 is 39.0. The van der Waals surface area contributed by atoms with Gasteiger partial charge in [-0.25, -0.2) is 21.9 Å². The van der Waals surface area contributed by atoms with Crippen molar-refractivity contribution < 1.29 is 17.6 Å². The molecule has 0 radical (unpaired) electrons. The number of hydrogen-bond donors (Lipinski definition) is 0. The summed E-state index contributed by atoms with van der Waals surface area (Å²) in [6.07, 6.45) is 0. The van der Waals surface area contributed by atoms with Gasteiger partial charge in [0.25, 0.3) is 10.0 Å². The minimum absolute atomic E-state index is 0.0826. The topological polar surface area (TPSA) is 57.7 Å². The second-order valence-electron chi connectivity index (χ2n) is 4.95. The second-order valence-corrected chi connectivity index (χ2v) is 6.78. The molecular formula is C15H13FN2O3S. The third-order valence-electron chi connectivity index (χ3n) is 3.53. The molecule has 0 saturated heterocycles. The van der Waals surface area contributed by atoms with Crippen molar-refractivity contribution in [2.75, 3.05) is 11.9 Å². The number of halogens is 1. The summed E-state index contributed by atoms with van der Waals surface area (Å²) in [5, 5.41) is 0. The van der Waals surface area contributed by atoms with Crippen molar-refractivity contribution >= 4 is 21.7 Å². The van der Waals surface area contributed by atoms with Crippen molar-refractivity contribution in [2.24, 2.45) is 0 Å². The lowest BCUT2D eigenvalue weighted by Crippen LogP contribution is -2.48. The first-order valence-corrected chi connectivity index (χ1v) is 7.99. The van der Waals surface area contributed by atoms with E-state index in [1.54, 1.807) is 18.2 Å². The SMILES string of the molecule is CN1C(=O)N(Cc2ccc(F)cc2)S(=O)(=O)c2ccccc21. The van der Waals surface area contributed by atoms with Crippen LogP contribution >= 0.6 is 0 Å². The fourth-order valence-corrected chi connectivity index (χ4v) is 3.96. The standard InChI is InChI=1S/C15H13FN2O3S/c1-17-13-4-2-3-5-14(13)22(20,21)18(15(17)19)10-11-6-8-12(16)9-7-11/h2-9H,10H2,1H3. The predicted molar refractivity (Wildman–Crippen MR) is 79.4 cm³/mol. The first kappa shape index (κ1) is 14.5. The van der Waals surface area contributed by atoms with E-state index in [0.29, 0.717) is 11.3 Å². The maximum Gasteiger partial charge on any atom is 0.338 e. The molecule has 0 saturated carbocycles. The van der Waals surface area contributed by atoms with Crippen LogP contribution in [0.3, 0.4) is 0 Å². The Hall–Kier alpha value is -2.41. The Kier molecular flexibility index (Phi) is 3.37. The van der Waals surface area contributed by atoms with Crippen molar-refractivity contribution in [1.29, 1.82) is 0 Å². The van der Waals surface area contributed by atoms with Gasteiger partial charge in [0.2, 0.25) is 0 Å². The quantitative estimate of drug-likeness (QED) is 0.854. The Morgan fingerprint density at radius 1 is 1.05 bits per heavy atom. The largest absolute Gasteiger partial charge is 0.338 e. The maximum atomic E-state index is 12.9. The van der Waals surface area contributed by atoms with Crippen molar-refractivity contribution in [1.82, 2.24) is 4.31 Å². The third kappa shape index (κ3) is 2.23. The number of carbonyl (C=O) groups is 1. The van der Waals surface area contributed by atoms with Crippen LogP contribution in [0, 0.1) is 5.82 Å². The molecule has 0 bridgehead atoms. The third-order valence-corrected chi connectivity index (χ3v) is 5.30. The smallest absolute Gasteiger partial charge is 0.295 e. The number of carbonyl (C=O) groups excluding carboxylic acids is 1. The molecule has 0 spiro atoms. The Balaban J connectivity index is 2.05. The monoisotopic (exact) mass is 320 g/mol. The fraction of sp³-hybridized carbons (Fsp3) is 0.133. The molecule has 2 aromatic carbocycles. The summed E-state index contributed by atoms with van der Waals surface area (Å²) in [4.78, 5) is 13.7. The van der Waals surface area contributed by atoms with Gasteiger partial charge in [-0.15, -0.1) is 0 Å². The minimum Gasteiger partial charge on any atom is -0.295 e. The van der Waals surface area contributed by atoms with Crippen LogP contribution in [-0.2, 0) is 16.6 Å². The van der Waals surface area contributed by atoms with Gasteiger partial charge in [0, 0.05) is 7.05 Å². The van der Waals surface area contributed by atoms with Crippen molar-refractivity contribution in [2.45, 2.75) is 11.4 Å². The Labute approximate surface area is 127 Å². The molecule has 0 unspecified atom stereocenters. The maximum absolute atomic E-state index is 12.9. The number of sulfonamides is 1. The van der Waals surface area contributed by atoms with E-state index >= 15 is 0 Å². The van der Waals surface area contributed by atoms with Gasteiger partial charge >= 0.3 is 6.03 Å². The first-order valence-electron chi connectivity index (χ1n) is 6.55. The molecule has 1 aliphatic heterocycles. The van der Waals surface area contributed by atoms with Gasteiger partial charge in [0.15, 0.2) is 0 Å². The predicted octanol–water partition coefficient (Wildman–Crippen LogP) is 2.59. The normalized spacial score (nSPS) is 16.5. The van der Waals surface area contributed by atoms with Gasteiger partial charge in [-0.1, -0.05) is 24.3 Å². The van der Waals surface area contributed by atoms with Crippen LogP contribution < -0.4 is 4.90 Å². The van der Waals surface area contributed by atoms with Crippen LogP contribution in [0.2, 0.25) is 0 Å². The van der Waals surface area contributed by atoms with E-state index in [1.807, 2.05) is 0 Å². The number of para-hydroxylation sites is 1. The molecule has 114 valence electrons. The molecule has 0 N–H and O–H groups in total. The van der Waals surface area contributed by atoms with Crippen LogP contribution in [0.25, 0.3) is 0 Å². The van der Waals surface area contributed by atoms with E-state index in [9.17, 15) is 17.6 Å². The zero-order chi connectivity index (χ0) is 15.9. The molecule has 5 nitrogen and oxygen atoms in total.